The van der Waals surface area contributed by atoms with Gasteiger partial charge in [-0.15, -0.1) is 30.3 Å². The Hall–Kier alpha value is 2.13. The van der Waals surface area contributed by atoms with Crippen molar-refractivity contribution in [2.24, 2.45) is 0 Å². The Balaban J connectivity index is -0.000000105. The van der Waals surface area contributed by atoms with Gasteiger partial charge in [0, 0.05) is 37.2 Å². The molecule has 0 bridgehead atoms. The van der Waals surface area contributed by atoms with Crippen LogP contribution < -0.4 is 42.8 Å². The van der Waals surface area contributed by atoms with Crippen molar-refractivity contribution >= 4 is 74.5 Å². The van der Waals surface area contributed by atoms with Gasteiger partial charge in [-0.3, -0.25) is 0 Å². The first kappa shape index (κ1) is 41.4. The Labute approximate surface area is 240 Å². The van der Waals surface area contributed by atoms with E-state index in [1.807, 2.05) is 0 Å². The first-order chi connectivity index (χ1) is 12.7. The molecule has 0 aromatic carbocycles. The normalized spacial score (nSPS) is 13.5. The zero-order valence-corrected chi connectivity index (χ0v) is 27.4. The summed E-state index contributed by atoms with van der Waals surface area (Å²) in [6.07, 6.45) is -0.411. The van der Waals surface area contributed by atoms with Gasteiger partial charge in [0.2, 0.25) is 0 Å². The van der Waals surface area contributed by atoms with Crippen LogP contribution in [0.5, 0.6) is 0 Å². The molecule has 1 aliphatic rings. The van der Waals surface area contributed by atoms with Crippen molar-refractivity contribution in [1.82, 2.24) is 0 Å². The number of ether oxygens (including phenoxy) is 1. The molecule has 1 heterocycles. The van der Waals surface area contributed by atoms with Crippen molar-refractivity contribution in [3.05, 3.63) is 30.3 Å². The van der Waals surface area contributed by atoms with Gasteiger partial charge in [0.25, 0.3) is 15.3 Å². The van der Waals surface area contributed by atoms with Crippen LogP contribution in [0.3, 0.4) is 0 Å². The van der Waals surface area contributed by atoms with E-state index in [0.29, 0.717) is 19.7 Å². The number of aliphatic hydroxyl groups excluding tert-OH is 1. The van der Waals surface area contributed by atoms with Crippen LogP contribution in [0.15, 0.2) is 0 Å². The number of rotatable bonds is 11. The molecule has 2 atom stereocenters. The maximum absolute atomic E-state index is 9.62. The second kappa shape index (κ2) is 32.3. The van der Waals surface area contributed by atoms with Gasteiger partial charge < -0.3 is 29.8 Å². The molecule has 0 aromatic rings. The Morgan fingerprint density at radius 2 is 1.41 bits per heavy atom. The topological polar surface area (TPSA) is 220 Å². The van der Waals surface area contributed by atoms with E-state index in [1.54, 1.807) is 0 Å². The van der Waals surface area contributed by atoms with E-state index in [2.05, 4.69) is 89.0 Å². The van der Waals surface area contributed by atoms with E-state index >= 15 is 0 Å². The summed E-state index contributed by atoms with van der Waals surface area (Å²) in [5.41, 5.74) is 0. The SMILES string of the molecule is II.I[I-]I.O=[N+]([O-])OCCC(O)CO[N+](=O)[O-].O=[N+]([O-])OCCC1CO1.[Na+].[OH-]. The maximum Gasteiger partial charge on any atom is 1.00 e. The molecule has 29 heavy (non-hydrogen) atoms. The molecule has 2 unspecified atom stereocenters. The standard InChI is InChI=1S/C4H8N2O7.C4H7NO4.I3.I2.Na.H2O/c7-4(3-13-6(10)11)1-2-12-5(8)9;6-5(7)9-2-1-4-3-8-4;1-3-2;1-2;;/h4,7H,1-3H2;4H,1-3H2;;;;1H2/q;;-1;;+1;/p-1. The van der Waals surface area contributed by atoms with Crippen molar-refractivity contribution in [2.45, 2.75) is 25.0 Å². The summed E-state index contributed by atoms with van der Waals surface area (Å²) in [5, 5.41) is 34.8. The Morgan fingerprint density at radius 1 is 1.03 bits per heavy atom. The van der Waals surface area contributed by atoms with Gasteiger partial charge in [-0.25, -0.2) is 0 Å². The number of nitrogens with zero attached hydrogens (tertiary/aromatic N) is 3. The average molecular weight is 1000 g/mol. The van der Waals surface area contributed by atoms with Crippen LogP contribution in [0, 0.1) is 30.3 Å². The summed E-state index contributed by atoms with van der Waals surface area (Å²) >= 11 is 9.54. The molecule has 0 aliphatic carbocycles. The van der Waals surface area contributed by atoms with E-state index in [0.717, 1.165) is 6.61 Å². The van der Waals surface area contributed by atoms with Crippen LogP contribution in [0.25, 0.3) is 0 Å². The van der Waals surface area contributed by atoms with Crippen LogP contribution in [0.4, 0.5) is 0 Å². The molecule has 15 nitrogen and oxygen atoms in total. The average Bonchev–Trinajstić information content (AvgIpc) is 3.40. The number of hydrogen-bond donors (Lipinski definition) is 1. The predicted molar refractivity (Wildman–Crippen MR) is 122 cm³/mol. The molecule has 0 aromatic heterocycles. The molecule has 0 saturated carbocycles. The van der Waals surface area contributed by atoms with Gasteiger partial charge in [0.1, 0.15) is 6.61 Å². The predicted octanol–water partition coefficient (Wildman–Crippen LogP) is -3.49. The third-order valence-electron chi connectivity index (χ3n) is 2.06. The number of hydrogen-bond acceptors (Lipinski definition) is 12. The maximum atomic E-state index is 9.62. The van der Waals surface area contributed by atoms with E-state index < -0.39 is 28.0 Å². The minimum Gasteiger partial charge on any atom is -0.870 e. The minimum absolute atomic E-state index is 0. The number of halogens is 5. The molecule has 21 heteroatoms. The molecule has 172 valence electrons. The smallest absolute Gasteiger partial charge is 0.870 e. The van der Waals surface area contributed by atoms with Crippen LogP contribution in [0.2, 0.25) is 0 Å². The minimum atomic E-state index is -1.15. The second-order valence-corrected chi connectivity index (χ2v) is 20.1. The van der Waals surface area contributed by atoms with Gasteiger partial charge in [0.15, 0.2) is 0 Å². The molecular formula is C8H16I5N3NaO12-. The molecule has 0 amide bonds. The van der Waals surface area contributed by atoms with E-state index in [-0.39, 0.29) is 60.8 Å². The first-order valence-corrected chi connectivity index (χ1v) is 25.2. The molecule has 1 fully saturated rings. The zero-order valence-electron chi connectivity index (χ0n) is 14.6. The van der Waals surface area contributed by atoms with Gasteiger partial charge in [0.05, 0.1) is 32.0 Å². The van der Waals surface area contributed by atoms with Gasteiger partial charge in [-0.05, 0) is 12.8 Å². The van der Waals surface area contributed by atoms with E-state index in [4.69, 9.17) is 9.84 Å². The van der Waals surface area contributed by atoms with E-state index in [1.165, 1.54) is 0 Å². The Bertz CT molecular complexity index is 401. The quantitative estimate of drug-likeness (QED) is 0.0702. The van der Waals surface area contributed by atoms with Crippen LogP contribution in [0.1, 0.15) is 12.8 Å². The van der Waals surface area contributed by atoms with Crippen molar-refractivity contribution < 1.29 is 87.9 Å². The van der Waals surface area contributed by atoms with Crippen LogP contribution in [-0.4, -0.2) is 64.5 Å². The fourth-order valence-electron chi connectivity index (χ4n) is 0.987. The van der Waals surface area contributed by atoms with Gasteiger partial charge in [-0.2, -0.15) is 0 Å². The van der Waals surface area contributed by atoms with E-state index in [9.17, 15) is 30.3 Å². The number of aliphatic hydroxyl groups is 1. The van der Waals surface area contributed by atoms with Crippen molar-refractivity contribution in [3.8, 4) is 0 Å². The zero-order chi connectivity index (χ0) is 21.7. The third-order valence-corrected chi connectivity index (χ3v) is 2.06. The Kier molecular flexibility index (Phi) is 46.1. The fourth-order valence-corrected chi connectivity index (χ4v) is 0.987. The summed E-state index contributed by atoms with van der Waals surface area (Å²) in [6.45, 7) is 0.0298. The van der Waals surface area contributed by atoms with Crippen molar-refractivity contribution in [1.29, 1.82) is 0 Å². The second-order valence-electron chi connectivity index (χ2n) is 3.87. The molecule has 1 saturated heterocycles. The van der Waals surface area contributed by atoms with Crippen molar-refractivity contribution in [3.63, 3.8) is 0 Å². The molecule has 0 spiro atoms. The summed E-state index contributed by atoms with van der Waals surface area (Å²) in [7, 11) is 0. The third kappa shape index (κ3) is 48.7. The summed E-state index contributed by atoms with van der Waals surface area (Å²) in [4.78, 5) is 40.5. The molecule has 2 N–H and O–H groups in total. The molecular weight excluding hydrogens is 988 g/mol. The van der Waals surface area contributed by atoms with Crippen molar-refractivity contribution in [2.75, 3.05) is 26.4 Å². The summed E-state index contributed by atoms with van der Waals surface area (Å²) in [6, 6.07) is 0. The van der Waals surface area contributed by atoms with Gasteiger partial charge in [-0.1, -0.05) is 0 Å². The summed E-state index contributed by atoms with van der Waals surface area (Å²) in [5.74, 6) is 0. The number of epoxide rings is 1. The largest absolute Gasteiger partial charge is 1.00 e. The molecule has 1 aliphatic heterocycles. The molecule has 0 radical (unpaired) electrons. The van der Waals surface area contributed by atoms with Gasteiger partial charge >= 0.3 is 80.0 Å². The Morgan fingerprint density at radius 3 is 1.76 bits per heavy atom. The van der Waals surface area contributed by atoms with Crippen LogP contribution >= 0.6 is 74.5 Å². The first-order valence-electron chi connectivity index (χ1n) is 6.35. The summed E-state index contributed by atoms with van der Waals surface area (Å²) < 4.78 is 4.79. The van der Waals surface area contributed by atoms with Crippen LogP contribution in [-0.2, 0) is 19.2 Å². The monoisotopic (exact) mass is 1000 g/mol. The fraction of sp³-hybridized carbons (Fsp3) is 1.00. The molecule has 1 rings (SSSR count).